The Balaban J connectivity index is 1.78. The lowest BCUT2D eigenvalue weighted by Gasteiger charge is -2.34. The van der Waals surface area contributed by atoms with Crippen LogP contribution in [0.2, 0.25) is 5.02 Å². The first-order valence-electron chi connectivity index (χ1n) is 7.37. The Labute approximate surface area is 129 Å². The fourth-order valence-electron chi connectivity index (χ4n) is 3.40. The van der Waals surface area contributed by atoms with Gasteiger partial charge < -0.3 is 5.11 Å². The van der Waals surface area contributed by atoms with Gasteiger partial charge in [0.25, 0.3) is 0 Å². The van der Waals surface area contributed by atoms with Crippen LogP contribution in [0.3, 0.4) is 0 Å². The average Bonchev–Trinajstić information content (AvgIpc) is 3.05. The van der Waals surface area contributed by atoms with E-state index in [-0.39, 0.29) is 11.8 Å². The van der Waals surface area contributed by atoms with Gasteiger partial charge >= 0.3 is 0 Å². The fraction of sp³-hybridized carbons (Fsp3) is 0.500. The highest BCUT2D eigenvalue weighted by Gasteiger charge is 2.46. The van der Waals surface area contributed by atoms with Gasteiger partial charge in [0, 0.05) is 5.02 Å². The molecule has 112 valence electrons. The minimum Gasteiger partial charge on any atom is -0.387 e. The van der Waals surface area contributed by atoms with Crippen LogP contribution in [-0.2, 0) is 13.0 Å². The smallest absolute Gasteiger partial charge is 0.137 e. The summed E-state index contributed by atoms with van der Waals surface area (Å²) in [6.07, 6.45) is 6.13. The van der Waals surface area contributed by atoms with Crippen molar-refractivity contribution < 1.29 is 5.11 Å². The Morgan fingerprint density at radius 3 is 2.76 bits per heavy atom. The highest BCUT2D eigenvalue weighted by Crippen LogP contribution is 2.43. The molecule has 0 bridgehead atoms. The van der Waals surface area contributed by atoms with Crippen molar-refractivity contribution in [2.75, 3.05) is 0 Å². The van der Waals surface area contributed by atoms with Crippen LogP contribution in [0.25, 0.3) is 0 Å². The first-order valence-corrected chi connectivity index (χ1v) is 7.75. The predicted octanol–water partition coefficient (Wildman–Crippen LogP) is 2.95. The van der Waals surface area contributed by atoms with Gasteiger partial charge in [0.2, 0.25) is 0 Å². The van der Waals surface area contributed by atoms with Gasteiger partial charge in [0.1, 0.15) is 12.7 Å². The first kappa shape index (κ1) is 14.5. The zero-order chi connectivity index (χ0) is 14.9. The molecule has 3 atom stereocenters. The molecule has 1 aliphatic carbocycles. The minimum atomic E-state index is -0.729. The summed E-state index contributed by atoms with van der Waals surface area (Å²) in [6, 6.07) is 7.90. The first-order chi connectivity index (χ1) is 10.1. The molecule has 1 aliphatic rings. The van der Waals surface area contributed by atoms with Crippen LogP contribution in [-0.4, -0.2) is 25.5 Å². The summed E-state index contributed by atoms with van der Waals surface area (Å²) < 4.78 is 1.73. The third-order valence-electron chi connectivity index (χ3n) is 4.79. The molecule has 1 heterocycles. The molecule has 0 radical (unpaired) electrons. The molecule has 0 saturated heterocycles. The molecule has 1 aromatic heterocycles. The van der Waals surface area contributed by atoms with E-state index in [0.717, 1.165) is 24.3 Å². The standard InChI is InChI=1S/C16H20ClN3O/c1-12-2-5-14(8-13-3-6-15(17)7-4-13)16(12,21)9-20-11-18-10-19-20/h3-4,6-7,10-12,14,21H,2,5,8-9H2,1H3/t12-,14-,16-/m1/s1. The maximum Gasteiger partial charge on any atom is 0.137 e. The van der Waals surface area contributed by atoms with Crippen molar-refractivity contribution >= 4 is 11.6 Å². The van der Waals surface area contributed by atoms with Crippen LogP contribution >= 0.6 is 11.6 Å². The van der Waals surface area contributed by atoms with E-state index in [1.807, 2.05) is 24.3 Å². The summed E-state index contributed by atoms with van der Waals surface area (Å²) in [5.41, 5.74) is 0.489. The second-order valence-electron chi connectivity index (χ2n) is 6.09. The van der Waals surface area contributed by atoms with Gasteiger partial charge in [0.15, 0.2) is 0 Å². The van der Waals surface area contributed by atoms with E-state index in [1.165, 1.54) is 11.9 Å². The highest BCUT2D eigenvalue weighted by atomic mass is 35.5. The van der Waals surface area contributed by atoms with Gasteiger partial charge in [-0.3, -0.25) is 4.68 Å². The Morgan fingerprint density at radius 1 is 1.33 bits per heavy atom. The van der Waals surface area contributed by atoms with Gasteiger partial charge in [-0.1, -0.05) is 30.7 Å². The molecular weight excluding hydrogens is 286 g/mol. The molecule has 0 aliphatic heterocycles. The number of aliphatic hydroxyl groups is 1. The Kier molecular flexibility index (Phi) is 4.00. The van der Waals surface area contributed by atoms with Crippen molar-refractivity contribution in [3.63, 3.8) is 0 Å². The van der Waals surface area contributed by atoms with Gasteiger partial charge in [-0.05, 0) is 48.8 Å². The largest absolute Gasteiger partial charge is 0.387 e. The van der Waals surface area contributed by atoms with Crippen molar-refractivity contribution in [2.24, 2.45) is 11.8 Å². The number of halogens is 1. The maximum atomic E-state index is 11.2. The number of hydrogen-bond donors (Lipinski definition) is 1. The van der Waals surface area contributed by atoms with E-state index in [1.54, 1.807) is 11.0 Å². The summed E-state index contributed by atoms with van der Waals surface area (Å²) in [5, 5.41) is 16.1. The zero-order valence-electron chi connectivity index (χ0n) is 12.1. The number of aromatic nitrogens is 3. The van der Waals surface area contributed by atoms with Gasteiger partial charge in [0.05, 0.1) is 12.1 Å². The molecule has 1 aromatic carbocycles. The molecule has 1 N–H and O–H groups in total. The van der Waals surface area contributed by atoms with E-state index < -0.39 is 5.60 Å². The second-order valence-corrected chi connectivity index (χ2v) is 6.53. The lowest BCUT2D eigenvalue weighted by atomic mass is 9.81. The van der Waals surface area contributed by atoms with Crippen molar-refractivity contribution in [1.82, 2.24) is 14.8 Å². The number of nitrogens with zero attached hydrogens (tertiary/aromatic N) is 3. The normalized spacial score (nSPS) is 28.9. The van der Waals surface area contributed by atoms with Crippen molar-refractivity contribution in [2.45, 2.75) is 38.3 Å². The number of rotatable bonds is 4. The van der Waals surface area contributed by atoms with Crippen LogP contribution < -0.4 is 0 Å². The molecule has 21 heavy (non-hydrogen) atoms. The molecule has 2 aromatic rings. The van der Waals surface area contributed by atoms with E-state index in [0.29, 0.717) is 6.54 Å². The molecule has 0 unspecified atom stereocenters. The number of benzene rings is 1. The van der Waals surface area contributed by atoms with Crippen LogP contribution in [0, 0.1) is 11.8 Å². The summed E-state index contributed by atoms with van der Waals surface area (Å²) in [7, 11) is 0. The molecule has 1 fully saturated rings. The lowest BCUT2D eigenvalue weighted by molar-refractivity contribution is -0.0482. The summed E-state index contributed by atoms with van der Waals surface area (Å²) in [4.78, 5) is 3.97. The Bertz CT molecular complexity index is 584. The molecule has 3 rings (SSSR count). The Morgan fingerprint density at radius 2 is 2.10 bits per heavy atom. The van der Waals surface area contributed by atoms with Gasteiger partial charge in [-0.25, -0.2) is 4.98 Å². The molecule has 4 nitrogen and oxygen atoms in total. The molecule has 0 spiro atoms. The van der Waals surface area contributed by atoms with Gasteiger partial charge in [-0.2, -0.15) is 5.10 Å². The molecule has 1 saturated carbocycles. The van der Waals surface area contributed by atoms with E-state index in [2.05, 4.69) is 17.0 Å². The SMILES string of the molecule is C[C@@H]1CC[C@H](Cc2ccc(Cl)cc2)[C@@]1(O)Cn1cncn1. The van der Waals surface area contributed by atoms with Crippen LogP contribution in [0.15, 0.2) is 36.9 Å². The fourth-order valence-corrected chi connectivity index (χ4v) is 3.52. The van der Waals surface area contributed by atoms with Crippen molar-refractivity contribution in [3.8, 4) is 0 Å². The quantitative estimate of drug-likeness (QED) is 0.945. The maximum absolute atomic E-state index is 11.2. The summed E-state index contributed by atoms with van der Waals surface area (Å²) in [5.74, 6) is 0.497. The van der Waals surface area contributed by atoms with E-state index in [4.69, 9.17) is 11.6 Å². The molecule has 5 heteroatoms. The number of hydrogen-bond acceptors (Lipinski definition) is 3. The van der Waals surface area contributed by atoms with Crippen molar-refractivity contribution in [3.05, 3.63) is 47.5 Å². The molecular formula is C16H20ClN3O. The van der Waals surface area contributed by atoms with Gasteiger partial charge in [-0.15, -0.1) is 0 Å². The third-order valence-corrected chi connectivity index (χ3v) is 5.04. The van der Waals surface area contributed by atoms with Crippen LogP contribution in [0.1, 0.15) is 25.3 Å². The van der Waals surface area contributed by atoms with Crippen LogP contribution in [0.5, 0.6) is 0 Å². The third kappa shape index (κ3) is 2.97. The topological polar surface area (TPSA) is 50.9 Å². The molecule has 0 amide bonds. The summed E-state index contributed by atoms with van der Waals surface area (Å²) >= 11 is 5.93. The monoisotopic (exact) mass is 305 g/mol. The van der Waals surface area contributed by atoms with Crippen LogP contribution in [0.4, 0.5) is 0 Å². The minimum absolute atomic E-state index is 0.234. The van der Waals surface area contributed by atoms with Crippen molar-refractivity contribution in [1.29, 1.82) is 0 Å². The van der Waals surface area contributed by atoms with E-state index in [9.17, 15) is 5.11 Å². The zero-order valence-corrected chi connectivity index (χ0v) is 12.9. The van der Waals surface area contributed by atoms with E-state index >= 15 is 0 Å². The second kappa shape index (κ2) is 5.78. The highest BCUT2D eigenvalue weighted by molar-refractivity contribution is 6.30. The summed E-state index contributed by atoms with van der Waals surface area (Å²) in [6.45, 7) is 2.63. The predicted molar refractivity (Wildman–Crippen MR) is 82.0 cm³/mol. The average molecular weight is 306 g/mol. The Hall–Kier alpha value is -1.39. The lowest BCUT2D eigenvalue weighted by Crippen LogP contribution is -2.44.